The molecule has 0 saturated heterocycles. The van der Waals surface area contributed by atoms with Gasteiger partial charge in [-0.15, -0.1) is 0 Å². The number of methoxy groups -OCH3 is 4. The van der Waals surface area contributed by atoms with Crippen LogP contribution in [0.2, 0.25) is 0 Å². The first-order valence-corrected chi connectivity index (χ1v) is 9.42. The van der Waals surface area contributed by atoms with Crippen molar-refractivity contribution in [2.45, 2.75) is 0 Å². The molecule has 0 heterocycles. The highest BCUT2D eigenvalue weighted by Gasteiger charge is 2.03. The lowest BCUT2D eigenvalue weighted by Gasteiger charge is -2.07. The van der Waals surface area contributed by atoms with Crippen LogP contribution in [0.3, 0.4) is 0 Å². The van der Waals surface area contributed by atoms with Gasteiger partial charge in [0.25, 0.3) is 0 Å². The van der Waals surface area contributed by atoms with Crippen molar-refractivity contribution in [3.8, 4) is 23.0 Å². The van der Waals surface area contributed by atoms with Gasteiger partial charge in [0, 0.05) is 6.08 Å². The molecule has 0 aliphatic heterocycles. The van der Waals surface area contributed by atoms with Crippen LogP contribution < -0.4 is 18.9 Å². The SMILES string of the molecule is COc1ccc(/C=C/C=C/C(=O)/C=C(O)/C=C/c2ccc(OC)c(OC)c2)cc1OC. The van der Waals surface area contributed by atoms with Crippen LogP contribution in [0.25, 0.3) is 12.2 Å². The van der Waals surface area contributed by atoms with Gasteiger partial charge in [-0.25, -0.2) is 0 Å². The van der Waals surface area contributed by atoms with Crippen LogP contribution in [0.4, 0.5) is 0 Å². The number of aliphatic hydroxyl groups excluding tert-OH is 1. The zero-order valence-corrected chi connectivity index (χ0v) is 18.0. The van der Waals surface area contributed by atoms with Crippen LogP contribution in [0.1, 0.15) is 11.1 Å². The number of carbonyl (C=O) groups excluding carboxylic acids is 1. The van der Waals surface area contributed by atoms with Gasteiger partial charge < -0.3 is 24.1 Å². The van der Waals surface area contributed by atoms with E-state index in [-0.39, 0.29) is 11.5 Å². The zero-order valence-electron chi connectivity index (χ0n) is 18.0. The normalized spacial score (nSPS) is 11.9. The average molecular weight is 422 g/mol. The van der Waals surface area contributed by atoms with E-state index in [0.29, 0.717) is 23.0 Å². The molecule has 0 amide bonds. The highest BCUT2D eigenvalue weighted by Crippen LogP contribution is 2.28. The van der Waals surface area contributed by atoms with Gasteiger partial charge in [-0.1, -0.05) is 36.4 Å². The van der Waals surface area contributed by atoms with Crippen LogP contribution in [-0.2, 0) is 4.79 Å². The number of ketones is 1. The van der Waals surface area contributed by atoms with Crippen molar-refractivity contribution in [2.24, 2.45) is 0 Å². The minimum atomic E-state index is -0.341. The van der Waals surface area contributed by atoms with E-state index in [1.165, 1.54) is 12.2 Å². The Balaban J connectivity index is 1.98. The minimum Gasteiger partial charge on any atom is -0.508 e. The maximum Gasteiger partial charge on any atom is 0.182 e. The summed E-state index contributed by atoms with van der Waals surface area (Å²) in [6.45, 7) is 0. The molecule has 0 unspecified atom stereocenters. The maximum absolute atomic E-state index is 12.0. The second kappa shape index (κ2) is 11.9. The van der Waals surface area contributed by atoms with E-state index in [0.717, 1.165) is 17.2 Å². The lowest BCUT2D eigenvalue weighted by molar-refractivity contribution is -0.110. The topological polar surface area (TPSA) is 74.2 Å². The molecule has 6 heteroatoms. The Morgan fingerprint density at radius 3 is 1.74 bits per heavy atom. The second-order valence-corrected chi connectivity index (χ2v) is 6.25. The fourth-order valence-electron chi connectivity index (χ4n) is 2.65. The van der Waals surface area contributed by atoms with Gasteiger partial charge in [-0.05, 0) is 47.5 Å². The molecule has 0 saturated carbocycles. The van der Waals surface area contributed by atoms with E-state index in [1.54, 1.807) is 64.9 Å². The Kier molecular flexibility index (Phi) is 8.98. The van der Waals surface area contributed by atoms with Crippen LogP contribution in [0, 0.1) is 0 Å². The van der Waals surface area contributed by atoms with Gasteiger partial charge in [-0.3, -0.25) is 4.79 Å². The zero-order chi connectivity index (χ0) is 22.6. The first-order valence-electron chi connectivity index (χ1n) is 9.42. The molecular formula is C25H26O6. The molecule has 0 aromatic heterocycles. The lowest BCUT2D eigenvalue weighted by Crippen LogP contribution is -1.91. The van der Waals surface area contributed by atoms with Crippen LogP contribution in [0.15, 0.2) is 72.5 Å². The quantitative estimate of drug-likeness (QED) is 0.329. The van der Waals surface area contributed by atoms with Crippen LogP contribution in [0.5, 0.6) is 23.0 Å². The van der Waals surface area contributed by atoms with E-state index < -0.39 is 0 Å². The van der Waals surface area contributed by atoms with Gasteiger partial charge >= 0.3 is 0 Å². The van der Waals surface area contributed by atoms with Gasteiger partial charge in [0.2, 0.25) is 0 Å². The number of hydrogen-bond donors (Lipinski definition) is 1. The number of hydrogen-bond acceptors (Lipinski definition) is 6. The van der Waals surface area contributed by atoms with Crippen molar-refractivity contribution in [3.05, 3.63) is 83.7 Å². The molecule has 2 aromatic carbocycles. The summed E-state index contributed by atoms with van der Waals surface area (Å²) in [6.07, 6.45) is 10.8. The van der Waals surface area contributed by atoms with E-state index in [1.807, 2.05) is 24.3 Å². The van der Waals surface area contributed by atoms with Crippen LogP contribution >= 0.6 is 0 Å². The number of carbonyl (C=O) groups is 1. The highest BCUT2D eigenvalue weighted by atomic mass is 16.5. The summed E-state index contributed by atoms with van der Waals surface area (Å²) in [5.41, 5.74) is 1.68. The van der Waals surface area contributed by atoms with Gasteiger partial charge in [0.15, 0.2) is 28.8 Å². The fourth-order valence-corrected chi connectivity index (χ4v) is 2.65. The Bertz CT molecular complexity index is 1010. The smallest absolute Gasteiger partial charge is 0.182 e. The third kappa shape index (κ3) is 7.12. The van der Waals surface area contributed by atoms with Crippen molar-refractivity contribution in [1.82, 2.24) is 0 Å². The Morgan fingerprint density at radius 1 is 0.710 bits per heavy atom. The van der Waals surface area contributed by atoms with Crippen molar-refractivity contribution >= 4 is 17.9 Å². The highest BCUT2D eigenvalue weighted by molar-refractivity contribution is 6.00. The second-order valence-electron chi connectivity index (χ2n) is 6.25. The summed E-state index contributed by atoms with van der Waals surface area (Å²) in [5.74, 6) is 1.96. The summed E-state index contributed by atoms with van der Waals surface area (Å²) in [7, 11) is 6.26. The number of benzene rings is 2. The largest absolute Gasteiger partial charge is 0.508 e. The monoisotopic (exact) mass is 422 g/mol. The molecule has 0 aliphatic rings. The third-order valence-corrected chi connectivity index (χ3v) is 4.21. The average Bonchev–Trinajstić information content (AvgIpc) is 2.79. The van der Waals surface area contributed by atoms with E-state index in [2.05, 4.69) is 0 Å². The Hall–Kier alpha value is -3.93. The summed E-state index contributed by atoms with van der Waals surface area (Å²) in [4.78, 5) is 12.0. The lowest BCUT2D eigenvalue weighted by atomic mass is 10.1. The number of ether oxygens (including phenoxy) is 4. The van der Waals surface area contributed by atoms with E-state index in [4.69, 9.17) is 18.9 Å². The van der Waals surface area contributed by atoms with Crippen molar-refractivity contribution in [3.63, 3.8) is 0 Å². The third-order valence-electron chi connectivity index (χ3n) is 4.21. The fraction of sp³-hybridized carbons (Fsp3) is 0.160. The number of rotatable bonds is 10. The molecule has 0 aliphatic carbocycles. The molecule has 2 rings (SSSR count). The Labute approximate surface area is 182 Å². The molecule has 162 valence electrons. The van der Waals surface area contributed by atoms with Gasteiger partial charge in [0.05, 0.1) is 28.4 Å². The van der Waals surface area contributed by atoms with E-state index >= 15 is 0 Å². The predicted octanol–water partition coefficient (Wildman–Crippen LogP) is 5.01. The molecular weight excluding hydrogens is 396 g/mol. The first kappa shape index (κ1) is 23.3. The number of allylic oxidation sites excluding steroid dienone is 5. The Morgan fingerprint density at radius 2 is 1.23 bits per heavy atom. The minimum absolute atomic E-state index is 0.159. The predicted molar refractivity (Wildman–Crippen MR) is 122 cm³/mol. The first-order chi connectivity index (χ1) is 15.0. The summed E-state index contributed by atoms with van der Waals surface area (Å²) >= 11 is 0. The van der Waals surface area contributed by atoms with Crippen molar-refractivity contribution in [2.75, 3.05) is 28.4 Å². The molecule has 0 spiro atoms. The molecule has 0 radical (unpaired) electrons. The van der Waals surface area contributed by atoms with Gasteiger partial charge in [0.1, 0.15) is 5.76 Å². The molecule has 0 fully saturated rings. The molecule has 0 bridgehead atoms. The molecule has 31 heavy (non-hydrogen) atoms. The van der Waals surface area contributed by atoms with Crippen molar-refractivity contribution < 1.29 is 28.8 Å². The molecule has 6 nitrogen and oxygen atoms in total. The number of aliphatic hydroxyl groups is 1. The van der Waals surface area contributed by atoms with Crippen molar-refractivity contribution in [1.29, 1.82) is 0 Å². The summed E-state index contributed by atoms with van der Waals surface area (Å²) in [5, 5.41) is 9.97. The standard InChI is InChI=1S/C25H26O6/c1-28-22-13-10-18(15-24(22)30-3)7-5-6-8-20(26)17-21(27)12-9-19-11-14-23(29-2)25(16-19)31-4/h5-17,27H,1-4H3/b7-5+,8-6+,12-9+,21-17-. The van der Waals surface area contributed by atoms with Crippen LogP contribution in [-0.4, -0.2) is 39.3 Å². The van der Waals surface area contributed by atoms with E-state index in [9.17, 15) is 9.90 Å². The molecule has 1 N–H and O–H groups in total. The molecule has 0 atom stereocenters. The molecule has 2 aromatic rings. The maximum atomic E-state index is 12.0. The summed E-state index contributed by atoms with van der Waals surface area (Å²) < 4.78 is 20.9. The summed E-state index contributed by atoms with van der Waals surface area (Å²) in [6, 6.07) is 10.8. The van der Waals surface area contributed by atoms with Gasteiger partial charge in [-0.2, -0.15) is 0 Å².